The van der Waals surface area contributed by atoms with Gasteiger partial charge in [-0.25, -0.2) is 0 Å². The van der Waals surface area contributed by atoms with Gasteiger partial charge in [0.05, 0.1) is 17.1 Å². The lowest BCUT2D eigenvalue weighted by atomic mass is 10.0. The summed E-state index contributed by atoms with van der Waals surface area (Å²) in [5.74, 6) is 0. The van der Waals surface area contributed by atoms with Crippen molar-refractivity contribution < 1.29 is 0 Å². The van der Waals surface area contributed by atoms with E-state index in [0.29, 0.717) is 0 Å². The van der Waals surface area contributed by atoms with Crippen LogP contribution in [0.25, 0.3) is 32.6 Å². The van der Waals surface area contributed by atoms with Crippen molar-refractivity contribution in [3.8, 4) is 6.07 Å². The van der Waals surface area contributed by atoms with Crippen LogP contribution in [0, 0.1) is 11.3 Å². The predicted octanol–water partition coefficient (Wildman–Crippen LogP) is 4.84. The molecule has 3 aromatic carbocycles. The molecule has 0 aliphatic heterocycles. The molecule has 0 saturated heterocycles. The number of rotatable bonds is 1. The van der Waals surface area contributed by atoms with Gasteiger partial charge in [-0.2, -0.15) is 5.26 Å². The highest BCUT2D eigenvalue weighted by Gasteiger charge is 2.15. The summed E-state index contributed by atoms with van der Waals surface area (Å²) in [7, 11) is 0. The molecule has 0 bridgehead atoms. The summed E-state index contributed by atoms with van der Waals surface area (Å²) in [6, 6.07) is 21.0. The molecule has 4 rings (SSSR count). The molecule has 100 valence electrons. The maximum Gasteiger partial charge on any atom is 0.0999 e. The summed E-state index contributed by atoms with van der Waals surface area (Å²) in [6.45, 7) is 3.04. The highest BCUT2D eigenvalue weighted by Crippen LogP contribution is 2.36. The van der Waals surface area contributed by atoms with Crippen LogP contribution in [0.4, 0.5) is 0 Å². The number of fused-ring (bicyclic) bond motifs is 5. The molecule has 2 nitrogen and oxygen atoms in total. The third kappa shape index (κ3) is 1.52. The molecule has 0 amide bonds. The van der Waals surface area contributed by atoms with Gasteiger partial charge < -0.3 is 4.57 Å². The molecule has 4 aromatic rings. The Bertz CT molecular complexity index is 1030. The lowest BCUT2D eigenvalue weighted by Gasteiger charge is -2.07. The number of aromatic nitrogens is 1. The van der Waals surface area contributed by atoms with Crippen molar-refractivity contribution in [1.82, 2.24) is 4.57 Å². The molecule has 1 heterocycles. The Morgan fingerprint density at radius 1 is 1.00 bits per heavy atom. The smallest absolute Gasteiger partial charge is 0.0999 e. The van der Waals surface area contributed by atoms with Crippen molar-refractivity contribution in [3.63, 3.8) is 0 Å². The summed E-state index contributed by atoms with van der Waals surface area (Å²) >= 11 is 0. The first-order valence-electron chi connectivity index (χ1n) is 7.18. The van der Waals surface area contributed by atoms with E-state index in [1.165, 1.54) is 16.4 Å². The first-order valence-corrected chi connectivity index (χ1v) is 7.18. The molecule has 0 atom stereocenters. The standard InChI is InChI=1S/C19H14N2/c1-2-21-17-10-6-5-9-16(17)18-14(12-20)11-13-7-3-4-8-15(13)19(18)21/h3-11H,2H2,1H3. The van der Waals surface area contributed by atoms with Crippen LogP contribution in [0.2, 0.25) is 0 Å². The van der Waals surface area contributed by atoms with Crippen LogP contribution >= 0.6 is 0 Å². The summed E-state index contributed by atoms with van der Waals surface area (Å²) in [6.07, 6.45) is 0. The van der Waals surface area contributed by atoms with E-state index in [1.807, 2.05) is 18.2 Å². The van der Waals surface area contributed by atoms with E-state index in [1.54, 1.807) is 0 Å². The molecular formula is C19H14N2. The minimum atomic E-state index is 0.757. The van der Waals surface area contributed by atoms with Gasteiger partial charge in [-0.1, -0.05) is 42.5 Å². The van der Waals surface area contributed by atoms with Crippen molar-refractivity contribution in [2.45, 2.75) is 13.5 Å². The van der Waals surface area contributed by atoms with E-state index < -0.39 is 0 Å². The lowest BCUT2D eigenvalue weighted by molar-refractivity contribution is 0.829. The van der Waals surface area contributed by atoms with Crippen LogP contribution in [-0.2, 0) is 6.54 Å². The zero-order valence-corrected chi connectivity index (χ0v) is 11.8. The topological polar surface area (TPSA) is 28.7 Å². The molecule has 0 spiro atoms. The second-order valence-corrected chi connectivity index (χ2v) is 5.24. The normalized spacial score (nSPS) is 11.2. The lowest BCUT2D eigenvalue weighted by Crippen LogP contribution is -1.94. The molecule has 0 aliphatic rings. The maximum atomic E-state index is 9.58. The zero-order valence-electron chi connectivity index (χ0n) is 11.8. The van der Waals surface area contributed by atoms with Gasteiger partial charge in [0.25, 0.3) is 0 Å². The number of benzene rings is 3. The Hall–Kier alpha value is -2.79. The third-order valence-corrected chi connectivity index (χ3v) is 4.19. The van der Waals surface area contributed by atoms with Gasteiger partial charge in [0.1, 0.15) is 0 Å². The maximum absolute atomic E-state index is 9.58. The fourth-order valence-electron chi connectivity index (χ4n) is 3.34. The molecular weight excluding hydrogens is 256 g/mol. The van der Waals surface area contributed by atoms with Crippen LogP contribution in [-0.4, -0.2) is 4.57 Å². The van der Waals surface area contributed by atoms with Gasteiger partial charge in [-0.3, -0.25) is 0 Å². The second kappa shape index (κ2) is 4.36. The minimum absolute atomic E-state index is 0.757. The van der Waals surface area contributed by atoms with Gasteiger partial charge in [-0.05, 0) is 24.4 Å². The van der Waals surface area contributed by atoms with Crippen molar-refractivity contribution in [2.75, 3.05) is 0 Å². The largest absolute Gasteiger partial charge is 0.340 e. The number of nitriles is 1. The Balaban J connectivity index is 2.42. The highest BCUT2D eigenvalue weighted by molar-refractivity contribution is 6.19. The summed E-state index contributed by atoms with van der Waals surface area (Å²) in [5.41, 5.74) is 3.13. The van der Waals surface area contributed by atoms with Gasteiger partial charge in [0, 0.05) is 28.2 Å². The van der Waals surface area contributed by atoms with Gasteiger partial charge >= 0.3 is 0 Å². The van der Waals surface area contributed by atoms with E-state index in [0.717, 1.165) is 28.3 Å². The number of aryl methyl sites for hydroxylation is 1. The molecule has 0 radical (unpaired) electrons. The molecule has 0 aliphatic carbocycles. The van der Waals surface area contributed by atoms with E-state index in [2.05, 4.69) is 54.0 Å². The van der Waals surface area contributed by atoms with Crippen molar-refractivity contribution in [2.24, 2.45) is 0 Å². The SMILES string of the molecule is CCn1c2ccccc2c2c(C#N)cc3ccccc3c21. The summed E-state index contributed by atoms with van der Waals surface area (Å²) in [4.78, 5) is 0. The molecule has 21 heavy (non-hydrogen) atoms. The fraction of sp³-hybridized carbons (Fsp3) is 0.105. The van der Waals surface area contributed by atoms with Crippen LogP contribution in [0.5, 0.6) is 0 Å². The first-order chi connectivity index (χ1) is 10.3. The number of nitrogens with zero attached hydrogens (tertiary/aromatic N) is 2. The summed E-state index contributed by atoms with van der Waals surface area (Å²) in [5, 5.41) is 14.2. The van der Waals surface area contributed by atoms with Gasteiger partial charge in [-0.15, -0.1) is 0 Å². The average molecular weight is 270 g/mol. The van der Waals surface area contributed by atoms with Crippen LogP contribution in [0.1, 0.15) is 12.5 Å². The zero-order chi connectivity index (χ0) is 14.4. The number of para-hydroxylation sites is 1. The summed E-state index contributed by atoms with van der Waals surface area (Å²) < 4.78 is 2.31. The van der Waals surface area contributed by atoms with Crippen molar-refractivity contribution >= 4 is 32.6 Å². The average Bonchev–Trinajstić information content (AvgIpc) is 2.89. The minimum Gasteiger partial charge on any atom is -0.340 e. The van der Waals surface area contributed by atoms with E-state index in [-0.39, 0.29) is 0 Å². The Kier molecular flexibility index (Phi) is 2.49. The monoisotopic (exact) mass is 270 g/mol. The quantitative estimate of drug-likeness (QED) is 0.486. The van der Waals surface area contributed by atoms with Crippen LogP contribution < -0.4 is 0 Å². The van der Waals surface area contributed by atoms with Crippen LogP contribution in [0.3, 0.4) is 0 Å². The predicted molar refractivity (Wildman–Crippen MR) is 87.3 cm³/mol. The molecule has 0 saturated carbocycles. The van der Waals surface area contributed by atoms with Gasteiger partial charge in [0.2, 0.25) is 0 Å². The highest BCUT2D eigenvalue weighted by atomic mass is 15.0. The molecule has 2 heteroatoms. The second-order valence-electron chi connectivity index (χ2n) is 5.24. The molecule has 1 aromatic heterocycles. The molecule has 0 N–H and O–H groups in total. The third-order valence-electron chi connectivity index (χ3n) is 4.19. The molecule has 0 fully saturated rings. The Labute approximate surface area is 122 Å². The number of hydrogen-bond donors (Lipinski definition) is 0. The van der Waals surface area contributed by atoms with Crippen molar-refractivity contribution in [3.05, 3.63) is 60.2 Å². The van der Waals surface area contributed by atoms with E-state index in [4.69, 9.17) is 0 Å². The molecule has 0 unspecified atom stereocenters. The van der Waals surface area contributed by atoms with Crippen molar-refractivity contribution in [1.29, 1.82) is 5.26 Å². The van der Waals surface area contributed by atoms with Gasteiger partial charge in [0.15, 0.2) is 0 Å². The number of hydrogen-bond acceptors (Lipinski definition) is 1. The van der Waals surface area contributed by atoms with E-state index >= 15 is 0 Å². The Morgan fingerprint density at radius 3 is 2.48 bits per heavy atom. The van der Waals surface area contributed by atoms with E-state index in [9.17, 15) is 5.26 Å². The fourth-order valence-corrected chi connectivity index (χ4v) is 3.34. The first kappa shape index (κ1) is 12.0. The van der Waals surface area contributed by atoms with Crippen LogP contribution in [0.15, 0.2) is 54.6 Å². The Morgan fingerprint density at radius 2 is 1.71 bits per heavy atom.